The average molecular weight is 318 g/mol. The van der Waals surface area contributed by atoms with Crippen LogP contribution in [0.25, 0.3) is 6.08 Å². The highest BCUT2D eigenvalue weighted by atomic mass is 79.9. The predicted octanol–water partition coefficient (Wildman–Crippen LogP) is 4.30. The highest BCUT2D eigenvalue weighted by Gasteiger charge is 2.11. The number of hydrogen-bond acceptors (Lipinski definition) is 3. The molecule has 0 unspecified atom stereocenters. The van der Waals surface area contributed by atoms with E-state index in [0.29, 0.717) is 5.56 Å². The highest BCUT2D eigenvalue weighted by Crippen LogP contribution is 2.24. The Balaban J connectivity index is 2.33. The van der Waals surface area contributed by atoms with Crippen molar-refractivity contribution in [3.05, 3.63) is 62.3 Å². The summed E-state index contributed by atoms with van der Waals surface area (Å²) in [5.41, 5.74) is 0.677. The molecule has 0 amide bonds. The second-order valence-corrected chi connectivity index (χ2v) is 6.00. The largest absolute Gasteiger partial charge is 0.288 e. The topological polar surface area (TPSA) is 40.9 Å². The molecule has 18 heavy (non-hydrogen) atoms. The molecule has 0 fully saturated rings. The first-order chi connectivity index (χ1) is 8.70. The first kappa shape index (κ1) is 12.7. The van der Waals surface area contributed by atoms with Gasteiger partial charge in [-0.25, -0.2) is 0 Å². The van der Waals surface area contributed by atoms with Crippen molar-refractivity contribution in [2.45, 2.75) is 0 Å². The van der Waals surface area contributed by atoms with Crippen LogP contribution in [-0.2, 0) is 0 Å². The molecule has 0 aliphatic carbocycles. The molecule has 2 aromatic rings. The van der Waals surface area contributed by atoms with Gasteiger partial charge in [0.15, 0.2) is 0 Å². The number of benzene rings is 1. The number of allylic oxidation sites excluding steroid dienone is 1. The number of thiophene rings is 1. The Morgan fingerprint density at radius 2 is 1.94 bits per heavy atom. The summed E-state index contributed by atoms with van der Waals surface area (Å²) in [4.78, 5) is 13.0. The van der Waals surface area contributed by atoms with Crippen LogP contribution >= 0.6 is 27.3 Å². The van der Waals surface area contributed by atoms with E-state index in [1.807, 2.05) is 24.3 Å². The third kappa shape index (κ3) is 2.95. The van der Waals surface area contributed by atoms with E-state index in [1.165, 1.54) is 11.3 Å². The lowest BCUT2D eigenvalue weighted by atomic mass is 10.0. The highest BCUT2D eigenvalue weighted by molar-refractivity contribution is 9.11. The monoisotopic (exact) mass is 317 g/mol. The maximum atomic E-state index is 12.1. The van der Waals surface area contributed by atoms with Gasteiger partial charge in [-0.1, -0.05) is 30.3 Å². The van der Waals surface area contributed by atoms with Gasteiger partial charge >= 0.3 is 0 Å². The molecule has 1 heterocycles. The van der Waals surface area contributed by atoms with Crippen LogP contribution in [0.3, 0.4) is 0 Å². The average Bonchev–Trinajstić information content (AvgIpc) is 2.82. The third-order valence-electron chi connectivity index (χ3n) is 2.28. The van der Waals surface area contributed by atoms with Crippen molar-refractivity contribution in [1.29, 1.82) is 5.26 Å². The fourth-order valence-corrected chi connectivity index (χ4v) is 2.81. The number of halogens is 1. The minimum atomic E-state index is -0.248. The van der Waals surface area contributed by atoms with Gasteiger partial charge < -0.3 is 0 Å². The number of rotatable bonds is 3. The fraction of sp³-hybridized carbons (Fsp3) is 0. The standard InChI is InChI=1S/C14H8BrNOS/c15-13-7-6-12(18-13)8-11(9-16)14(17)10-4-2-1-3-5-10/h1-8H/b11-8+. The zero-order valence-corrected chi connectivity index (χ0v) is 11.7. The van der Waals surface area contributed by atoms with E-state index in [2.05, 4.69) is 15.9 Å². The molecule has 0 spiro atoms. The number of hydrogen-bond donors (Lipinski definition) is 0. The maximum Gasteiger partial charge on any atom is 0.203 e. The number of ketones is 1. The lowest BCUT2D eigenvalue weighted by molar-refractivity contribution is 0.104. The van der Waals surface area contributed by atoms with E-state index in [9.17, 15) is 4.79 Å². The molecule has 0 radical (unpaired) electrons. The Hall–Kier alpha value is -1.70. The molecule has 1 aromatic heterocycles. The summed E-state index contributed by atoms with van der Waals surface area (Å²) < 4.78 is 0.971. The number of nitrogens with zero attached hydrogens (tertiary/aromatic N) is 1. The van der Waals surface area contributed by atoms with Crippen molar-refractivity contribution in [3.63, 3.8) is 0 Å². The van der Waals surface area contributed by atoms with Gasteiger partial charge in [0.2, 0.25) is 5.78 Å². The molecule has 0 atom stereocenters. The number of Topliss-reactive ketones (excluding diaryl/α,β-unsaturated/α-hetero) is 1. The number of carbonyl (C=O) groups is 1. The van der Waals surface area contributed by atoms with Crippen LogP contribution in [0.2, 0.25) is 0 Å². The summed E-state index contributed by atoms with van der Waals surface area (Å²) in [5, 5.41) is 9.08. The van der Waals surface area contributed by atoms with Crippen LogP contribution in [0.4, 0.5) is 0 Å². The van der Waals surface area contributed by atoms with Gasteiger partial charge in [-0.05, 0) is 34.1 Å². The Bertz CT molecular complexity index is 637. The lowest BCUT2D eigenvalue weighted by Crippen LogP contribution is -2.01. The number of carbonyl (C=O) groups excluding carboxylic acids is 1. The minimum absolute atomic E-state index is 0.149. The summed E-state index contributed by atoms with van der Waals surface area (Å²) in [6, 6.07) is 14.5. The normalized spacial score (nSPS) is 11.0. The van der Waals surface area contributed by atoms with E-state index in [0.717, 1.165) is 8.66 Å². The van der Waals surface area contributed by atoms with E-state index in [1.54, 1.807) is 30.3 Å². The Kier molecular flexibility index (Phi) is 4.08. The van der Waals surface area contributed by atoms with Gasteiger partial charge in [0.1, 0.15) is 11.6 Å². The molecular formula is C14H8BrNOS. The zero-order chi connectivity index (χ0) is 13.0. The molecule has 2 rings (SSSR count). The van der Waals surface area contributed by atoms with Crippen LogP contribution in [-0.4, -0.2) is 5.78 Å². The summed E-state index contributed by atoms with van der Waals surface area (Å²) in [5.74, 6) is -0.248. The first-order valence-electron chi connectivity index (χ1n) is 5.17. The number of nitriles is 1. The fourth-order valence-electron chi connectivity index (χ4n) is 1.44. The molecule has 0 aliphatic rings. The van der Waals surface area contributed by atoms with E-state index >= 15 is 0 Å². The summed E-state index contributed by atoms with van der Waals surface area (Å²) in [6.07, 6.45) is 1.62. The molecule has 0 saturated heterocycles. The Labute approximate surface area is 117 Å². The van der Waals surface area contributed by atoms with E-state index in [4.69, 9.17) is 5.26 Å². The zero-order valence-electron chi connectivity index (χ0n) is 9.26. The molecule has 0 bridgehead atoms. The van der Waals surface area contributed by atoms with Crippen LogP contribution in [0, 0.1) is 11.3 Å². The van der Waals surface area contributed by atoms with Crippen LogP contribution < -0.4 is 0 Å². The van der Waals surface area contributed by atoms with Crippen molar-refractivity contribution in [1.82, 2.24) is 0 Å². The molecule has 2 nitrogen and oxygen atoms in total. The van der Waals surface area contributed by atoms with Crippen LogP contribution in [0.1, 0.15) is 15.2 Å². The molecule has 0 N–H and O–H groups in total. The van der Waals surface area contributed by atoms with Crippen molar-refractivity contribution < 1.29 is 4.79 Å². The van der Waals surface area contributed by atoms with Gasteiger partial charge in [-0.15, -0.1) is 11.3 Å². The summed E-state index contributed by atoms with van der Waals surface area (Å²) in [7, 11) is 0. The Morgan fingerprint density at radius 1 is 1.22 bits per heavy atom. The molecular weight excluding hydrogens is 310 g/mol. The third-order valence-corrected chi connectivity index (χ3v) is 3.85. The van der Waals surface area contributed by atoms with Crippen molar-refractivity contribution in [3.8, 4) is 6.07 Å². The molecule has 4 heteroatoms. The SMILES string of the molecule is N#C/C(=C\c1ccc(Br)s1)C(=O)c1ccccc1. The van der Waals surface area contributed by atoms with Gasteiger partial charge in [0, 0.05) is 10.4 Å². The molecule has 0 aliphatic heterocycles. The lowest BCUT2D eigenvalue weighted by Gasteiger charge is -1.97. The van der Waals surface area contributed by atoms with Crippen molar-refractivity contribution >= 4 is 39.1 Å². The molecule has 0 saturated carbocycles. The molecule has 88 valence electrons. The summed E-state index contributed by atoms with van der Waals surface area (Å²) in [6.45, 7) is 0. The van der Waals surface area contributed by atoms with E-state index in [-0.39, 0.29) is 11.4 Å². The van der Waals surface area contributed by atoms with Crippen molar-refractivity contribution in [2.75, 3.05) is 0 Å². The van der Waals surface area contributed by atoms with Crippen LogP contribution in [0.15, 0.2) is 51.8 Å². The van der Waals surface area contributed by atoms with Crippen LogP contribution in [0.5, 0.6) is 0 Å². The minimum Gasteiger partial charge on any atom is -0.288 e. The quantitative estimate of drug-likeness (QED) is 0.481. The second kappa shape index (κ2) is 5.76. The molecule has 1 aromatic carbocycles. The van der Waals surface area contributed by atoms with Crippen molar-refractivity contribution in [2.24, 2.45) is 0 Å². The van der Waals surface area contributed by atoms with Gasteiger partial charge in [-0.2, -0.15) is 5.26 Å². The smallest absolute Gasteiger partial charge is 0.203 e. The van der Waals surface area contributed by atoms with Gasteiger partial charge in [0.25, 0.3) is 0 Å². The summed E-state index contributed by atoms with van der Waals surface area (Å²) >= 11 is 4.83. The first-order valence-corrected chi connectivity index (χ1v) is 6.78. The van der Waals surface area contributed by atoms with E-state index < -0.39 is 0 Å². The predicted molar refractivity (Wildman–Crippen MR) is 76.4 cm³/mol. The second-order valence-electron chi connectivity index (χ2n) is 3.51. The Morgan fingerprint density at radius 3 is 2.50 bits per heavy atom. The van der Waals surface area contributed by atoms with Gasteiger partial charge in [0.05, 0.1) is 3.79 Å². The van der Waals surface area contributed by atoms with Gasteiger partial charge in [-0.3, -0.25) is 4.79 Å². The maximum absolute atomic E-state index is 12.1.